The number of primary amides is 1. The number of fused-ring (bicyclic) bond motifs is 2. The van der Waals surface area contributed by atoms with Crippen LogP contribution in [0, 0.1) is 0 Å². The molecule has 1 aromatic carbocycles. The SMILES string of the molecule is CCOCCOc1ccc2cc(-n3nnc4cnc(NC5CCCC5)nc43)ccc2n1.NC(=O)O. The van der Waals surface area contributed by atoms with Crippen LogP contribution in [0.2, 0.25) is 0 Å². The van der Waals surface area contributed by atoms with Crippen molar-refractivity contribution in [3.05, 3.63) is 36.5 Å². The fourth-order valence-electron chi connectivity index (χ4n) is 3.88. The van der Waals surface area contributed by atoms with Gasteiger partial charge in [0.25, 0.3) is 0 Å². The number of nitrogens with one attached hydrogen (secondary N) is 1. The Morgan fingerprint density at radius 1 is 1.17 bits per heavy atom. The highest BCUT2D eigenvalue weighted by molar-refractivity contribution is 5.82. The van der Waals surface area contributed by atoms with Gasteiger partial charge in [0, 0.05) is 24.1 Å². The number of rotatable bonds is 8. The summed E-state index contributed by atoms with van der Waals surface area (Å²) >= 11 is 0. The van der Waals surface area contributed by atoms with Gasteiger partial charge in [-0.3, -0.25) is 0 Å². The number of benzene rings is 1. The minimum absolute atomic E-state index is 0.443. The molecule has 0 saturated heterocycles. The highest BCUT2D eigenvalue weighted by Gasteiger charge is 2.17. The molecule has 12 heteroatoms. The third-order valence-electron chi connectivity index (χ3n) is 5.45. The van der Waals surface area contributed by atoms with Crippen LogP contribution in [-0.4, -0.2) is 67.0 Å². The average Bonchev–Trinajstić information content (AvgIpc) is 3.51. The fourth-order valence-corrected chi connectivity index (χ4v) is 3.88. The van der Waals surface area contributed by atoms with Crippen LogP contribution in [-0.2, 0) is 4.74 Å². The molecular formula is C23H28N8O4. The number of amides is 1. The van der Waals surface area contributed by atoms with Crippen LogP contribution in [0.25, 0.3) is 27.8 Å². The summed E-state index contributed by atoms with van der Waals surface area (Å²) in [4.78, 5) is 22.4. The molecule has 4 aromatic rings. The molecule has 35 heavy (non-hydrogen) atoms. The summed E-state index contributed by atoms with van der Waals surface area (Å²) < 4.78 is 12.7. The Kier molecular flexibility index (Phi) is 7.83. The lowest BCUT2D eigenvalue weighted by molar-refractivity contribution is 0.108. The van der Waals surface area contributed by atoms with E-state index in [-0.39, 0.29) is 0 Å². The van der Waals surface area contributed by atoms with Crippen molar-refractivity contribution in [3.63, 3.8) is 0 Å². The zero-order valence-corrected chi connectivity index (χ0v) is 19.4. The first-order chi connectivity index (χ1) is 17.0. The monoisotopic (exact) mass is 480 g/mol. The fraction of sp³-hybridized carbons (Fsp3) is 0.391. The second-order valence-electron chi connectivity index (χ2n) is 7.94. The summed E-state index contributed by atoms with van der Waals surface area (Å²) in [7, 11) is 0. The van der Waals surface area contributed by atoms with Gasteiger partial charge in [-0.1, -0.05) is 18.1 Å². The van der Waals surface area contributed by atoms with E-state index >= 15 is 0 Å². The Labute approximate surface area is 201 Å². The van der Waals surface area contributed by atoms with Crippen LogP contribution in [0.3, 0.4) is 0 Å². The first-order valence-corrected chi connectivity index (χ1v) is 11.5. The van der Waals surface area contributed by atoms with Crippen molar-refractivity contribution in [2.24, 2.45) is 5.73 Å². The van der Waals surface area contributed by atoms with Crippen molar-refractivity contribution < 1.29 is 19.4 Å². The molecule has 1 aliphatic carbocycles. The summed E-state index contributed by atoms with van der Waals surface area (Å²) in [5, 5.41) is 20.1. The van der Waals surface area contributed by atoms with Crippen molar-refractivity contribution in [1.29, 1.82) is 0 Å². The van der Waals surface area contributed by atoms with Crippen LogP contribution in [0.4, 0.5) is 10.7 Å². The minimum atomic E-state index is -1.33. The van der Waals surface area contributed by atoms with Crippen LogP contribution in [0.1, 0.15) is 32.6 Å². The molecule has 4 N–H and O–H groups in total. The third-order valence-corrected chi connectivity index (χ3v) is 5.45. The summed E-state index contributed by atoms with van der Waals surface area (Å²) in [5.41, 5.74) is 7.08. The van der Waals surface area contributed by atoms with Crippen LogP contribution in [0.15, 0.2) is 36.5 Å². The Morgan fingerprint density at radius 2 is 1.97 bits per heavy atom. The van der Waals surface area contributed by atoms with Gasteiger partial charge >= 0.3 is 6.09 Å². The predicted octanol–water partition coefficient (Wildman–Crippen LogP) is 3.15. The molecule has 0 atom stereocenters. The van der Waals surface area contributed by atoms with Crippen molar-refractivity contribution in [2.45, 2.75) is 38.6 Å². The molecule has 1 saturated carbocycles. The third kappa shape index (κ3) is 6.29. The summed E-state index contributed by atoms with van der Waals surface area (Å²) in [6.07, 6.45) is 5.22. The largest absolute Gasteiger partial charge is 0.475 e. The maximum absolute atomic E-state index is 8.78. The van der Waals surface area contributed by atoms with E-state index in [1.807, 2.05) is 37.3 Å². The molecule has 1 amide bonds. The molecule has 1 fully saturated rings. The van der Waals surface area contributed by atoms with E-state index in [0.29, 0.717) is 48.9 Å². The van der Waals surface area contributed by atoms with Gasteiger partial charge in [-0.05, 0) is 44.0 Å². The first kappa shape index (κ1) is 24.1. The number of hydrogen-bond donors (Lipinski definition) is 3. The Hall–Kier alpha value is -4.06. The summed E-state index contributed by atoms with van der Waals surface area (Å²) in [6, 6.07) is 10.2. The zero-order chi connectivity index (χ0) is 24.6. The normalized spacial score (nSPS) is 13.5. The van der Waals surface area contributed by atoms with Crippen molar-refractivity contribution in [3.8, 4) is 11.6 Å². The number of ether oxygens (including phenoxy) is 2. The van der Waals surface area contributed by atoms with E-state index < -0.39 is 6.09 Å². The van der Waals surface area contributed by atoms with E-state index in [9.17, 15) is 0 Å². The number of nitrogens with zero attached hydrogens (tertiary/aromatic N) is 6. The van der Waals surface area contributed by atoms with Crippen LogP contribution >= 0.6 is 0 Å². The van der Waals surface area contributed by atoms with Gasteiger partial charge in [-0.15, -0.1) is 5.10 Å². The van der Waals surface area contributed by atoms with Gasteiger partial charge in [-0.25, -0.2) is 14.8 Å². The standard InChI is InChI=1S/C22H25N7O2.CH3NO2/c1-2-30-11-12-31-20-10-7-15-13-17(8-9-18(15)25-20)29-21-19(27-28-29)14-23-22(26-21)24-16-5-3-4-6-16;2-1(3)4/h7-10,13-14,16H,2-6,11-12H2,1H3,(H,23,24,26);2H2,(H,3,4). The van der Waals surface area contributed by atoms with E-state index in [1.165, 1.54) is 12.8 Å². The van der Waals surface area contributed by atoms with Crippen LogP contribution < -0.4 is 15.8 Å². The molecule has 3 heterocycles. The number of anilines is 1. The predicted molar refractivity (Wildman–Crippen MR) is 130 cm³/mol. The van der Waals surface area contributed by atoms with Gasteiger partial charge in [0.15, 0.2) is 11.2 Å². The Balaban J connectivity index is 0.000000672. The first-order valence-electron chi connectivity index (χ1n) is 11.5. The molecule has 0 radical (unpaired) electrons. The van der Waals surface area contributed by atoms with Crippen molar-refractivity contribution in [2.75, 3.05) is 25.1 Å². The number of hydrogen-bond acceptors (Lipinski definition) is 9. The molecule has 5 rings (SSSR count). The second kappa shape index (κ2) is 11.4. The van der Waals surface area contributed by atoms with Crippen LogP contribution in [0.5, 0.6) is 5.88 Å². The lowest BCUT2D eigenvalue weighted by Crippen LogP contribution is -2.16. The molecule has 0 unspecified atom stereocenters. The number of carbonyl (C=O) groups is 1. The quantitative estimate of drug-likeness (QED) is 0.319. The maximum atomic E-state index is 8.78. The maximum Gasteiger partial charge on any atom is 0.402 e. The Bertz CT molecular complexity index is 1290. The number of pyridine rings is 1. The van der Waals surface area contributed by atoms with E-state index in [2.05, 4.69) is 36.3 Å². The molecular weight excluding hydrogens is 452 g/mol. The second-order valence-corrected chi connectivity index (χ2v) is 7.94. The summed E-state index contributed by atoms with van der Waals surface area (Å²) in [5.74, 6) is 1.21. The van der Waals surface area contributed by atoms with Crippen molar-refractivity contribution in [1.82, 2.24) is 29.9 Å². The highest BCUT2D eigenvalue weighted by Crippen LogP contribution is 2.24. The van der Waals surface area contributed by atoms with Gasteiger partial charge in [0.2, 0.25) is 11.8 Å². The minimum Gasteiger partial charge on any atom is -0.475 e. The summed E-state index contributed by atoms with van der Waals surface area (Å²) in [6.45, 7) is 3.67. The van der Waals surface area contributed by atoms with Gasteiger partial charge < -0.3 is 25.6 Å². The lowest BCUT2D eigenvalue weighted by atomic mass is 10.2. The molecule has 184 valence electrons. The smallest absolute Gasteiger partial charge is 0.402 e. The van der Waals surface area contributed by atoms with Crippen molar-refractivity contribution >= 4 is 34.1 Å². The molecule has 0 aliphatic heterocycles. The highest BCUT2D eigenvalue weighted by atomic mass is 16.5. The van der Waals surface area contributed by atoms with E-state index in [1.54, 1.807) is 10.9 Å². The van der Waals surface area contributed by atoms with E-state index in [0.717, 1.165) is 29.4 Å². The zero-order valence-electron chi connectivity index (χ0n) is 19.4. The number of nitrogens with two attached hydrogens (primary N) is 1. The molecule has 0 spiro atoms. The molecule has 12 nitrogen and oxygen atoms in total. The number of aromatic nitrogens is 6. The van der Waals surface area contributed by atoms with E-state index in [4.69, 9.17) is 19.4 Å². The van der Waals surface area contributed by atoms with Gasteiger partial charge in [-0.2, -0.15) is 9.67 Å². The molecule has 1 aliphatic rings. The average molecular weight is 481 g/mol. The van der Waals surface area contributed by atoms with Gasteiger partial charge in [0.1, 0.15) is 6.61 Å². The number of carboxylic acid groups (broad SMARTS) is 1. The molecule has 3 aromatic heterocycles. The lowest BCUT2D eigenvalue weighted by Gasteiger charge is -2.11. The van der Waals surface area contributed by atoms with Gasteiger partial charge in [0.05, 0.1) is 24.0 Å². The topological polar surface area (TPSA) is 163 Å². The molecule has 0 bridgehead atoms. The Morgan fingerprint density at radius 3 is 2.74 bits per heavy atom.